The Balaban J connectivity index is 3.65. The Morgan fingerprint density at radius 1 is 1.62 bits per heavy atom. The zero-order valence-electron chi connectivity index (χ0n) is 8.36. The number of hydrogen-bond donors (Lipinski definition) is 2. The van der Waals surface area contributed by atoms with Gasteiger partial charge in [-0.3, -0.25) is 5.41 Å². The highest BCUT2D eigenvalue weighted by atomic mass is 127. The van der Waals surface area contributed by atoms with E-state index in [1.807, 2.05) is 6.20 Å². The maximum atomic E-state index is 7.33. The van der Waals surface area contributed by atoms with E-state index in [2.05, 4.69) is 41.8 Å². The van der Waals surface area contributed by atoms with Gasteiger partial charge in [-0.2, -0.15) is 0 Å². The summed E-state index contributed by atoms with van der Waals surface area (Å²) in [5, 5.41) is 10.5. The molecule has 0 aromatic rings. The van der Waals surface area contributed by atoms with Crippen LogP contribution in [0.15, 0.2) is 9.78 Å². The first-order valence-corrected chi connectivity index (χ1v) is 5.37. The molecule has 0 unspecified atom stereocenters. The molecule has 0 saturated carbocycles. The first-order chi connectivity index (χ1) is 6.07. The molecule has 4 heteroatoms. The van der Waals surface area contributed by atoms with Crippen LogP contribution in [0.1, 0.15) is 20.3 Å². The van der Waals surface area contributed by atoms with Crippen molar-refractivity contribution in [2.45, 2.75) is 20.3 Å². The summed E-state index contributed by atoms with van der Waals surface area (Å²) < 4.78 is 5.55. The van der Waals surface area contributed by atoms with Crippen molar-refractivity contribution in [2.75, 3.05) is 13.7 Å². The Kier molecular flexibility index (Phi) is 7.03. The quantitative estimate of drug-likeness (QED) is 0.354. The van der Waals surface area contributed by atoms with Crippen molar-refractivity contribution >= 4 is 28.5 Å². The molecule has 0 rings (SSSR count). The molecule has 0 saturated heterocycles. The first-order valence-electron chi connectivity index (χ1n) is 4.30. The largest absolute Gasteiger partial charge is 0.481 e. The molecule has 0 spiro atoms. The van der Waals surface area contributed by atoms with Gasteiger partial charge in [-0.1, -0.05) is 13.8 Å². The maximum Gasteiger partial charge on any atom is 0.220 e. The number of nitrogens with one attached hydrogen (secondary N) is 2. The fourth-order valence-corrected chi connectivity index (χ4v) is 1.14. The van der Waals surface area contributed by atoms with Gasteiger partial charge in [0.1, 0.15) is 0 Å². The summed E-state index contributed by atoms with van der Waals surface area (Å²) in [4.78, 5) is 0. The molecule has 0 aromatic heterocycles. The van der Waals surface area contributed by atoms with Crippen LogP contribution in [-0.4, -0.2) is 19.6 Å². The number of halogens is 1. The minimum absolute atomic E-state index is 0.206. The van der Waals surface area contributed by atoms with Gasteiger partial charge in [0.15, 0.2) is 0 Å². The molecule has 3 nitrogen and oxygen atoms in total. The minimum Gasteiger partial charge on any atom is -0.481 e. The number of rotatable bonds is 5. The number of hydrogen-bond acceptors (Lipinski definition) is 3. The lowest BCUT2D eigenvalue weighted by atomic mass is 10.1. The van der Waals surface area contributed by atoms with E-state index >= 15 is 0 Å². The summed E-state index contributed by atoms with van der Waals surface area (Å²) >= 11 is 2.07. The van der Waals surface area contributed by atoms with Crippen molar-refractivity contribution in [3.8, 4) is 0 Å². The van der Waals surface area contributed by atoms with Crippen LogP contribution < -0.4 is 5.32 Å². The summed E-state index contributed by atoms with van der Waals surface area (Å²) in [5.41, 5.74) is 0. The van der Waals surface area contributed by atoms with Crippen LogP contribution in [0.2, 0.25) is 0 Å². The Hall–Kier alpha value is -0.260. The Bertz CT molecular complexity index is 190. The van der Waals surface area contributed by atoms with Gasteiger partial charge in [0, 0.05) is 12.7 Å². The molecule has 2 N–H and O–H groups in total. The van der Waals surface area contributed by atoms with E-state index in [1.165, 1.54) is 7.11 Å². The molecule has 0 atom stereocenters. The molecule has 0 bridgehead atoms. The molecule has 0 radical (unpaired) electrons. The van der Waals surface area contributed by atoms with Crippen molar-refractivity contribution in [3.05, 3.63) is 9.78 Å². The van der Waals surface area contributed by atoms with E-state index in [4.69, 9.17) is 10.1 Å². The first kappa shape index (κ1) is 12.7. The molecule has 0 aliphatic carbocycles. The topological polar surface area (TPSA) is 45.1 Å². The van der Waals surface area contributed by atoms with E-state index in [9.17, 15) is 0 Å². The van der Waals surface area contributed by atoms with Crippen molar-refractivity contribution in [2.24, 2.45) is 5.92 Å². The lowest BCUT2D eigenvalue weighted by Crippen LogP contribution is -2.11. The van der Waals surface area contributed by atoms with E-state index in [0.717, 1.165) is 16.5 Å². The van der Waals surface area contributed by atoms with Gasteiger partial charge in [0.2, 0.25) is 5.90 Å². The molecule has 0 aromatic carbocycles. The summed E-state index contributed by atoms with van der Waals surface area (Å²) in [6.45, 7) is 5.32. The van der Waals surface area contributed by atoms with Crippen LogP contribution in [-0.2, 0) is 4.74 Å². The molecular formula is C9H17IN2O. The molecular weight excluding hydrogens is 279 g/mol. The molecule has 76 valence electrons. The summed E-state index contributed by atoms with van der Waals surface area (Å²) in [6, 6.07) is 0. The standard InChI is InChI=1S/C9H17IN2O/c1-7(2)4-5-12-6-8(10)9(11)13-3/h6-7,11-12H,4-5H2,1-3H3/b8-6+,11-9?. The normalized spacial score (nSPS) is 11.6. The third-order valence-corrected chi connectivity index (χ3v) is 2.32. The highest BCUT2D eigenvalue weighted by molar-refractivity contribution is 14.1. The van der Waals surface area contributed by atoms with Gasteiger partial charge >= 0.3 is 0 Å². The predicted molar refractivity (Wildman–Crippen MR) is 64.3 cm³/mol. The fraction of sp³-hybridized carbons (Fsp3) is 0.667. The van der Waals surface area contributed by atoms with Crippen molar-refractivity contribution in [1.29, 1.82) is 5.41 Å². The van der Waals surface area contributed by atoms with E-state index in [-0.39, 0.29) is 5.90 Å². The van der Waals surface area contributed by atoms with Gasteiger partial charge in [-0.25, -0.2) is 0 Å². The highest BCUT2D eigenvalue weighted by Crippen LogP contribution is 2.06. The number of ether oxygens (including phenoxy) is 1. The average Bonchev–Trinajstić information content (AvgIpc) is 2.10. The molecule has 0 aliphatic rings. The maximum absolute atomic E-state index is 7.33. The van der Waals surface area contributed by atoms with Crippen LogP contribution in [0, 0.1) is 11.3 Å². The molecule has 0 heterocycles. The van der Waals surface area contributed by atoms with Crippen molar-refractivity contribution in [3.63, 3.8) is 0 Å². The van der Waals surface area contributed by atoms with Gasteiger partial charge in [-0.15, -0.1) is 0 Å². The Morgan fingerprint density at radius 2 is 2.23 bits per heavy atom. The predicted octanol–water partition coefficient (Wildman–Crippen LogP) is 2.52. The lowest BCUT2D eigenvalue weighted by Gasteiger charge is -2.05. The van der Waals surface area contributed by atoms with Crippen LogP contribution in [0.25, 0.3) is 0 Å². The molecule has 0 aliphatic heterocycles. The SMILES string of the molecule is COC(=N)/C(I)=C\NCCC(C)C. The van der Waals surface area contributed by atoms with Crippen molar-refractivity contribution in [1.82, 2.24) is 5.32 Å². The van der Waals surface area contributed by atoms with Crippen LogP contribution in [0.3, 0.4) is 0 Å². The number of methoxy groups -OCH3 is 1. The average molecular weight is 296 g/mol. The van der Waals surface area contributed by atoms with Crippen molar-refractivity contribution < 1.29 is 4.74 Å². The summed E-state index contributed by atoms with van der Waals surface area (Å²) in [6.07, 6.45) is 2.95. The van der Waals surface area contributed by atoms with E-state index in [0.29, 0.717) is 5.92 Å². The smallest absolute Gasteiger partial charge is 0.220 e. The third kappa shape index (κ3) is 6.86. The minimum atomic E-state index is 0.206. The van der Waals surface area contributed by atoms with Crippen LogP contribution >= 0.6 is 22.6 Å². The second kappa shape index (κ2) is 7.17. The molecule has 13 heavy (non-hydrogen) atoms. The summed E-state index contributed by atoms with van der Waals surface area (Å²) in [5.74, 6) is 0.915. The zero-order valence-corrected chi connectivity index (χ0v) is 10.5. The van der Waals surface area contributed by atoms with Crippen LogP contribution in [0.4, 0.5) is 0 Å². The summed E-state index contributed by atoms with van der Waals surface area (Å²) in [7, 11) is 1.50. The molecule has 0 fully saturated rings. The van der Waals surface area contributed by atoms with E-state index in [1.54, 1.807) is 0 Å². The monoisotopic (exact) mass is 296 g/mol. The van der Waals surface area contributed by atoms with Crippen LogP contribution in [0.5, 0.6) is 0 Å². The van der Waals surface area contributed by atoms with Gasteiger partial charge in [0.25, 0.3) is 0 Å². The highest BCUT2D eigenvalue weighted by Gasteiger charge is 1.98. The second-order valence-electron chi connectivity index (χ2n) is 3.16. The Labute approximate surface area is 93.6 Å². The molecule has 0 amide bonds. The Morgan fingerprint density at radius 3 is 2.69 bits per heavy atom. The van der Waals surface area contributed by atoms with Gasteiger partial charge < -0.3 is 10.1 Å². The van der Waals surface area contributed by atoms with Gasteiger partial charge in [-0.05, 0) is 34.9 Å². The van der Waals surface area contributed by atoms with E-state index < -0.39 is 0 Å². The second-order valence-corrected chi connectivity index (χ2v) is 4.32. The zero-order chi connectivity index (χ0) is 10.3. The lowest BCUT2D eigenvalue weighted by molar-refractivity contribution is 0.402. The fourth-order valence-electron chi connectivity index (χ4n) is 0.697. The third-order valence-electron chi connectivity index (χ3n) is 1.52. The van der Waals surface area contributed by atoms with Gasteiger partial charge in [0.05, 0.1) is 10.7 Å².